The molecule has 0 aromatic carbocycles. The van der Waals surface area contributed by atoms with Gasteiger partial charge in [0.15, 0.2) is 0 Å². The Balaban J connectivity index is 2.20. The van der Waals surface area contributed by atoms with Gasteiger partial charge in [0.25, 0.3) is 0 Å². The van der Waals surface area contributed by atoms with Gasteiger partial charge < -0.3 is 5.32 Å². The molecule has 0 bridgehead atoms. The third-order valence-electron chi connectivity index (χ3n) is 1.78. The number of nitrogens with zero attached hydrogens (tertiary/aromatic N) is 1. The van der Waals surface area contributed by atoms with E-state index in [9.17, 15) is 4.79 Å². The number of carbonyl (C=O) groups is 1. The van der Waals surface area contributed by atoms with Crippen molar-refractivity contribution in [2.75, 3.05) is 12.3 Å². The van der Waals surface area contributed by atoms with Crippen LogP contribution < -0.4 is 5.32 Å². The topological polar surface area (TPSA) is 41.5 Å². The number of aliphatic imine (C=N–C) groups is 1. The maximum Gasteiger partial charge on any atom is 0.247 e. The van der Waals surface area contributed by atoms with E-state index in [0.29, 0.717) is 11.8 Å². The summed E-state index contributed by atoms with van der Waals surface area (Å²) in [5, 5.41) is 3.37. The van der Waals surface area contributed by atoms with Gasteiger partial charge in [0.2, 0.25) is 5.91 Å². The van der Waals surface area contributed by atoms with E-state index in [0.717, 1.165) is 18.0 Å². The first-order chi connectivity index (χ1) is 5.72. The number of rotatable bonds is 4. The van der Waals surface area contributed by atoms with E-state index < -0.39 is 0 Å². The van der Waals surface area contributed by atoms with Gasteiger partial charge in [0.1, 0.15) is 12.4 Å². The second kappa shape index (κ2) is 4.50. The van der Waals surface area contributed by atoms with Gasteiger partial charge in [0.05, 0.1) is 5.75 Å². The number of nitrogens with one attached hydrogen (secondary N) is 1. The quantitative estimate of drug-likeness (QED) is 0.713. The first-order valence-electron chi connectivity index (χ1n) is 4.17. The number of hydrogen-bond donors (Lipinski definition) is 1. The number of hydrogen-bond acceptors (Lipinski definition) is 3. The predicted molar refractivity (Wildman–Crippen MR) is 52.7 cm³/mol. The highest BCUT2D eigenvalue weighted by atomic mass is 32.2. The summed E-state index contributed by atoms with van der Waals surface area (Å²) in [4.78, 5) is 14.8. The average molecular weight is 186 g/mol. The SMILES string of the molecule is CCC(C)SCC1=NCC(=O)N1. The van der Waals surface area contributed by atoms with Gasteiger partial charge >= 0.3 is 0 Å². The van der Waals surface area contributed by atoms with Crippen LogP contribution in [-0.4, -0.2) is 29.3 Å². The Morgan fingerprint density at radius 1 is 1.75 bits per heavy atom. The Bertz CT molecular complexity index is 203. The first-order valence-corrected chi connectivity index (χ1v) is 5.22. The summed E-state index contributed by atoms with van der Waals surface area (Å²) >= 11 is 1.83. The van der Waals surface area contributed by atoms with Crippen molar-refractivity contribution in [1.29, 1.82) is 0 Å². The van der Waals surface area contributed by atoms with Crippen molar-refractivity contribution in [1.82, 2.24) is 5.32 Å². The molecule has 1 atom stereocenters. The molecule has 0 radical (unpaired) electrons. The normalized spacial score (nSPS) is 18.8. The second-order valence-corrected chi connectivity index (χ2v) is 4.27. The molecule has 68 valence electrons. The summed E-state index contributed by atoms with van der Waals surface area (Å²) in [6, 6.07) is 0. The number of amidine groups is 1. The molecule has 0 fully saturated rings. The molecule has 1 N–H and O–H groups in total. The zero-order valence-corrected chi connectivity index (χ0v) is 8.28. The zero-order chi connectivity index (χ0) is 8.97. The van der Waals surface area contributed by atoms with E-state index in [4.69, 9.17) is 0 Å². The van der Waals surface area contributed by atoms with Crippen molar-refractivity contribution in [2.24, 2.45) is 4.99 Å². The summed E-state index contributed by atoms with van der Waals surface area (Å²) in [5.74, 6) is 1.70. The maximum absolute atomic E-state index is 10.7. The summed E-state index contributed by atoms with van der Waals surface area (Å²) in [6.45, 7) is 4.66. The largest absolute Gasteiger partial charge is 0.312 e. The monoisotopic (exact) mass is 186 g/mol. The average Bonchev–Trinajstić information content (AvgIpc) is 2.47. The van der Waals surface area contributed by atoms with E-state index in [1.165, 1.54) is 0 Å². The van der Waals surface area contributed by atoms with Crippen LogP contribution in [0, 0.1) is 0 Å². The highest BCUT2D eigenvalue weighted by Crippen LogP contribution is 2.13. The van der Waals surface area contributed by atoms with Crippen LogP contribution in [0.25, 0.3) is 0 Å². The summed E-state index contributed by atoms with van der Waals surface area (Å²) < 4.78 is 0. The Kier molecular flexibility index (Phi) is 3.59. The minimum atomic E-state index is 0.0229. The molecule has 3 nitrogen and oxygen atoms in total. The number of amides is 1. The molecular formula is C8H14N2OS. The Hall–Kier alpha value is -0.510. The lowest BCUT2D eigenvalue weighted by molar-refractivity contribution is -0.117. The van der Waals surface area contributed by atoms with Crippen molar-refractivity contribution in [3.8, 4) is 0 Å². The fourth-order valence-corrected chi connectivity index (χ4v) is 1.67. The number of carbonyl (C=O) groups excluding carboxylic acids is 1. The van der Waals surface area contributed by atoms with Crippen LogP contribution in [0.15, 0.2) is 4.99 Å². The Morgan fingerprint density at radius 3 is 3.00 bits per heavy atom. The lowest BCUT2D eigenvalue weighted by atomic mass is 10.4. The molecule has 1 heterocycles. The lowest BCUT2D eigenvalue weighted by Gasteiger charge is -2.07. The second-order valence-electron chi connectivity index (χ2n) is 2.84. The molecule has 0 aliphatic carbocycles. The van der Waals surface area contributed by atoms with Crippen LogP contribution >= 0.6 is 11.8 Å². The summed E-state index contributed by atoms with van der Waals surface area (Å²) in [5.41, 5.74) is 0. The predicted octanol–water partition coefficient (Wildman–Crippen LogP) is 1.05. The van der Waals surface area contributed by atoms with Crippen LogP contribution in [-0.2, 0) is 4.79 Å². The molecule has 12 heavy (non-hydrogen) atoms. The maximum atomic E-state index is 10.7. The molecule has 1 unspecified atom stereocenters. The fourth-order valence-electron chi connectivity index (χ4n) is 0.828. The van der Waals surface area contributed by atoms with Crippen LogP contribution in [0.3, 0.4) is 0 Å². The molecule has 4 heteroatoms. The van der Waals surface area contributed by atoms with Crippen molar-refractivity contribution in [3.63, 3.8) is 0 Å². The van der Waals surface area contributed by atoms with Gasteiger partial charge in [-0.3, -0.25) is 9.79 Å². The van der Waals surface area contributed by atoms with E-state index in [2.05, 4.69) is 24.2 Å². The van der Waals surface area contributed by atoms with Crippen molar-refractivity contribution < 1.29 is 4.79 Å². The van der Waals surface area contributed by atoms with Gasteiger partial charge in [0, 0.05) is 5.25 Å². The van der Waals surface area contributed by atoms with E-state index in [1.807, 2.05) is 11.8 Å². The summed E-state index contributed by atoms with van der Waals surface area (Å²) in [6.07, 6.45) is 1.16. The van der Waals surface area contributed by atoms with E-state index in [-0.39, 0.29) is 5.91 Å². The van der Waals surface area contributed by atoms with Gasteiger partial charge in [-0.2, -0.15) is 11.8 Å². The van der Waals surface area contributed by atoms with Gasteiger partial charge in [-0.05, 0) is 6.42 Å². The molecule has 1 rings (SSSR count). The third-order valence-corrected chi connectivity index (χ3v) is 3.12. The molecule has 1 aliphatic rings. The fraction of sp³-hybridized carbons (Fsp3) is 0.750. The molecule has 0 saturated carbocycles. The minimum Gasteiger partial charge on any atom is -0.312 e. The summed E-state index contributed by atoms with van der Waals surface area (Å²) in [7, 11) is 0. The lowest BCUT2D eigenvalue weighted by Crippen LogP contribution is -2.26. The smallest absolute Gasteiger partial charge is 0.247 e. The molecule has 0 spiro atoms. The van der Waals surface area contributed by atoms with Crippen LogP contribution in [0.4, 0.5) is 0 Å². The zero-order valence-electron chi connectivity index (χ0n) is 7.46. The molecule has 0 aromatic rings. The molecule has 0 saturated heterocycles. The highest BCUT2D eigenvalue weighted by Gasteiger charge is 2.13. The van der Waals surface area contributed by atoms with Crippen molar-refractivity contribution >= 4 is 23.5 Å². The van der Waals surface area contributed by atoms with E-state index >= 15 is 0 Å². The van der Waals surface area contributed by atoms with Crippen molar-refractivity contribution in [2.45, 2.75) is 25.5 Å². The van der Waals surface area contributed by atoms with E-state index in [1.54, 1.807) is 0 Å². The van der Waals surface area contributed by atoms with Crippen LogP contribution in [0.5, 0.6) is 0 Å². The first kappa shape index (κ1) is 9.58. The molecule has 1 aliphatic heterocycles. The molecule has 1 amide bonds. The van der Waals surface area contributed by atoms with Gasteiger partial charge in [-0.25, -0.2) is 0 Å². The van der Waals surface area contributed by atoms with Crippen LogP contribution in [0.2, 0.25) is 0 Å². The van der Waals surface area contributed by atoms with Crippen molar-refractivity contribution in [3.05, 3.63) is 0 Å². The Morgan fingerprint density at radius 2 is 2.50 bits per heavy atom. The highest BCUT2D eigenvalue weighted by molar-refractivity contribution is 8.00. The van der Waals surface area contributed by atoms with Gasteiger partial charge in [-0.15, -0.1) is 0 Å². The molecule has 0 aromatic heterocycles. The number of thioether (sulfide) groups is 1. The minimum absolute atomic E-state index is 0.0229. The van der Waals surface area contributed by atoms with Gasteiger partial charge in [-0.1, -0.05) is 13.8 Å². The Labute approximate surface area is 77.0 Å². The molecular weight excluding hydrogens is 172 g/mol. The third kappa shape index (κ3) is 2.85. The van der Waals surface area contributed by atoms with Crippen LogP contribution in [0.1, 0.15) is 20.3 Å². The standard InChI is InChI=1S/C8H14N2OS/c1-3-6(2)12-5-7-9-4-8(11)10-7/h6H,3-5H2,1-2H3,(H,9,10,11).